The van der Waals surface area contributed by atoms with Gasteiger partial charge in [-0.25, -0.2) is 9.37 Å². The zero-order valence-corrected chi connectivity index (χ0v) is 13.0. The van der Waals surface area contributed by atoms with E-state index in [1.54, 1.807) is 4.57 Å². The molecule has 118 valence electrons. The number of hydrogen-bond acceptors (Lipinski definition) is 4. The van der Waals surface area contributed by atoms with E-state index in [1.807, 2.05) is 13.8 Å². The monoisotopic (exact) mass is 325 g/mol. The summed E-state index contributed by atoms with van der Waals surface area (Å²) in [6.07, 6.45) is 2.99. The van der Waals surface area contributed by atoms with E-state index in [2.05, 4.69) is 4.98 Å². The molecule has 0 amide bonds. The average molecular weight is 325 g/mol. The summed E-state index contributed by atoms with van der Waals surface area (Å²) in [5.41, 5.74) is 0.326. The Morgan fingerprint density at radius 2 is 2.14 bits per heavy atom. The number of hydrogen-bond donors (Lipinski definition) is 0. The molecule has 0 radical (unpaired) electrons. The Labute approximate surface area is 128 Å². The maximum atomic E-state index is 13.3. The first-order chi connectivity index (χ1) is 10.4. The van der Waals surface area contributed by atoms with Gasteiger partial charge >= 0.3 is 0 Å². The summed E-state index contributed by atoms with van der Waals surface area (Å²) in [6, 6.07) is 3.91. The van der Waals surface area contributed by atoms with E-state index in [-0.39, 0.29) is 30.0 Å². The van der Waals surface area contributed by atoms with Crippen molar-refractivity contribution in [2.45, 2.75) is 24.9 Å². The Balaban J connectivity index is 2.03. The minimum atomic E-state index is -3.80. The molecular formula is C14H16FN3O3S. The molecule has 1 aromatic heterocycles. The van der Waals surface area contributed by atoms with E-state index in [0.717, 1.165) is 0 Å². The Morgan fingerprint density at radius 3 is 2.82 bits per heavy atom. The number of ether oxygens (including phenoxy) is 1. The molecule has 0 aliphatic carbocycles. The third kappa shape index (κ3) is 2.43. The quantitative estimate of drug-likeness (QED) is 0.868. The second-order valence-electron chi connectivity index (χ2n) is 5.29. The summed E-state index contributed by atoms with van der Waals surface area (Å²) in [5, 5.41) is -0.0293. The van der Waals surface area contributed by atoms with Gasteiger partial charge in [0.05, 0.1) is 18.6 Å². The first kappa shape index (κ1) is 14.8. The van der Waals surface area contributed by atoms with Gasteiger partial charge in [0.25, 0.3) is 10.0 Å². The maximum Gasteiger partial charge on any atom is 0.283 e. The second kappa shape index (κ2) is 5.28. The molecule has 0 unspecified atom stereocenters. The van der Waals surface area contributed by atoms with Crippen LogP contribution in [0.4, 0.5) is 10.1 Å². The van der Waals surface area contributed by atoms with Gasteiger partial charge in [0.2, 0.25) is 0 Å². The fourth-order valence-corrected chi connectivity index (χ4v) is 3.65. The van der Waals surface area contributed by atoms with Crippen molar-refractivity contribution in [3.63, 3.8) is 0 Å². The van der Waals surface area contributed by atoms with Gasteiger partial charge in [-0.05, 0) is 26.0 Å². The van der Waals surface area contributed by atoms with E-state index in [9.17, 15) is 12.8 Å². The van der Waals surface area contributed by atoms with Gasteiger partial charge in [-0.1, -0.05) is 0 Å². The van der Waals surface area contributed by atoms with Crippen LogP contribution in [0.5, 0.6) is 5.75 Å². The lowest BCUT2D eigenvalue weighted by Crippen LogP contribution is -2.38. The van der Waals surface area contributed by atoms with Crippen LogP contribution in [0.15, 0.2) is 35.7 Å². The summed E-state index contributed by atoms with van der Waals surface area (Å²) >= 11 is 0. The van der Waals surface area contributed by atoms with Crippen LogP contribution in [0.1, 0.15) is 19.9 Å². The first-order valence-corrected chi connectivity index (χ1v) is 8.32. The van der Waals surface area contributed by atoms with Crippen molar-refractivity contribution in [2.75, 3.05) is 17.5 Å². The molecule has 1 aromatic carbocycles. The average Bonchev–Trinajstić information content (AvgIpc) is 2.97. The molecule has 8 heteroatoms. The van der Waals surface area contributed by atoms with Crippen molar-refractivity contribution in [1.29, 1.82) is 0 Å². The normalized spacial score (nSPS) is 14.8. The van der Waals surface area contributed by atoms with Crippen molar-refractivity contribution in [1.82, 2.24) is 9.55 Å². The van der Waals surface area contributed by atoms with E-state index in [1.165, 1.54) is 35.0 Å². The predicted octanol–water partition coefficient (Wildman–Crippen LogP) is 2.19. The summed E-state index contributed by atoms with van der Waals surface area (Å²) in [6.45, 7) is 4.20. The number of nitrogens with zero attached hydrogens (tertiary/aromatic N) is 3. The van der Waals surface area contributed by atoms with Crippen LogP contribution in [0.3, 0.4) is 0 Å². The number of imidazole rings is 1. The summed E-state index contributed by atoms with van der Waals surface area (Å²) in [4.78, 5) is 3.99. The van der Waals surface area contributed by atoms with Gasteiger partial charge in [-0.15, -0.1) is 0 Å². The number of anilines is 1. The standard InChI is InChI=1S/C14H16FN3O3S/c1-10(2)17-8-14(16-9-17)22(19,20)18-5-6-21-13-7-11(15)3-4-12(13)18/h3-4,7-10H,5-6H2,1-2H3. The van der Waals surface area contributed by atoms with Crippen LogP contribution in [0.2, 0.25) is 0 Å². The number of benzene rings is 1. The Hall–Kier alpha value is -2.09. The molecule has 6 nitrogen and oxygen atoms in total. The molecule has 0 saturated carbocycles. The lowest BCUT2D eigenvalue weighted by molar-refractivity contribution is 0.314. The maximum absolute atomic E-state index is 13.3. The number of aromatic nitrogens is 2. The van der Waals surface area contributed by atoms with Crippen molar-refractivity contribution in [3.05, 3.63) is 36.5 Å². The molecule has 1 aliphatic heterocycles. The van der Waals surface area contributed by atoms with Gasteiger partial charge in [0, 0.05) is 18.3 Å². The number of sulfonamides is 1. The molecule has 1 aliphatic rings. The zero-order chi connectivity index (χ0) is 15.9. The SMILES string of the molecule is CC(C)n1cnc(S(=O)(=O)N2CCOc3cc(F)ccc32)c1. The predicted molar refractivity (Wildman–Crippen MR) is 79.0 cm³/mol. The highest BCUT2D eigenvalue weighted by Gasteiger charge is 2.32. The van der Waals surface area contributed by atoms with E-state index >= 15 is 0 Å². The van der Waals surface area contributed by atoms with Gasteiger partial charge in [-0.2, -0.15) is 8.42 Å². The molecule has 3 rings (SSSR count). The van der Waals surface area contributed by atoms with Crippen LogP contribution in [0.25, 0.3) is 0 Å². The van der Waals surface area contributed by atoms with E-state index in [0.29, 0.717) is 5.69 Å². The smallest absolute Gasteiger partial charge is 0.283 e. The largest absolute Gasteiger partial charge is 0.489 e. The fraction of sp³-hybridized carbons (Fsp3) is 0.357. The highest BCUT2D eigenvalue weighted by molar-refractivity contribution is 7.92. The van der Waals surface area contributed by atoms with Crippen molar-refractivity contribution in [2.24, 2.45) is 0 Å². The van der Waals surface area contributed by atoms with Crippen LogP contribution in [-0.2, 0) is 10.0 Å². The van der Waals surface area contributed by atoms with Crippen LogP contribution in [0, 0.1) is 5.82 Å². The first-order valence-electron chi connectivity index (χ1n) is 6.88. The summed E-state index contributed by atoms with van der Waals surface area (Å²) in [7, 11) is -3.80. The minimum Gasteiger partial charge on any atom is -0.489 e. The molecule has 22 heavy (non-hydrogen) atoms. The van der Waals surface area contributed by atoms with Gasteiger partial charge < -0.3 is 9.30 Å². The molecule has 0 spiro atoms. The summed E-state index contributed by atoms with van der Waals surface area (Å²) < 4.78 is 47.1. The molecule has 2 heterocycles. The zero-order valence-electron chi connectivity index (χ0n) is 12.2. The summed E-state index contributed by atoms with van der Waals surface area (Å²) in [5.74, 6) is -0.250. The molecule has 0 fully saturated rings. The van der Waals surface area contributed by atoms with E-state index in [4.69, 9.17) is 4.74 Å². The lowest BCUT2D eigenvalue weighted by Gasteiger charge is -2.29. The Morgan fingerprint density at radius 1 is 1.36 bits per heavy atom. The highest BCUT2D eigenvalue weighted by atomic mass is 32.2. The molecule has 2 aromatic rings. The third-order valence-corrected chi connectivity index (χ3v) is 5.17. The molecule has 0 atom stereocenters. The molecule has 0 N–H and O–H groups in total. The molecule has 0 saturated heterocycles. The van der Waals surface area contributed by atoms with Gasteiger partial charge in [0.15, 0.2) is 5.03 Å². The van der Waals surface area contributed by atoms with Gasteiger partial charge in [-0.3, -0.25) is 4.31 Å². The van der Waals surface area contributed by atoms with E-state index < -0.39 is 15.8 Å². The van der Waals surface area contributed by atoms with Crippen LogP contribution in [-0.4, -0.2) is 31.1 Å². The van der Waals surface area contributed by atoms with Crippen LogP contribution >= 0.6 is 0 Å². The fourth-order valence-electron chi connectivity index (χ4n) is 2.26. The molecular weight excluding hydrogens is 309 g/mol. The number of halogens is 1. The van der Waals surface area contributed by atoms with Crippen LogP contribution < -0.4 is 9.04 Å². The minimum absolute atomic E-state index is 0.0293. The lowest BCUT2D eigenvalue weighted by atomic mass is 10.2. The topological polar surface area (TPSA) is 64.4 Å². The Kier molecular flexibility index (Phi) is 3.56. The second-order valence-corrected chi connectivity index (χ2v) is 7.10. The van der Waals surface area contributed by atoms with Crippen molar-refractivity contribution < 1.29 is 17.5 Å². The van der Waals surface area contributed by atoms with Crippen molar-refractivity contribution >= 4 is 15.7 Å². The third-order valence-electron chi connectivity index (χ3n) is 3.47. The highest BCUT2D eigenvalue weighted by Crippen LogP contribution is 2.35. The Bertz CT molecular complexity index is 801. The number of rotatable bonds is 3. The van der Waals surface area contributed by atoms with Crippen molar-refractivity contribution in [3.8, 4) is 5.75 Å². The number of fused-ring (bicyclic) bond motifs is 1. The van der Waals surface area contributed by atoms with Gasteiger partial charge in [0.1, 0.15) is 18.2 Å². The molecule has 0 bridgehead atoms.